The van der Waals surface area contributed by atoms with Crippen LogP contribution in [0.4, 0.5) is 13.2 Å². The predicted octanol–water partition coefficient (Wildman–Crippen LogP) is 1.71. The molecule has 0 unspecified atom stereocenters. The van der Waals surface area contributed by atoms with Crippen molar-refractivity contribution in [2.45, 2.75) is 19.1 Å². The molecule has 2 rings (SSSR count). The summed E-state index contributed by atoms with van der Waals surface area (Å²) in [6.07, 6.45) is -4.26. The van der Waals surface area contributed by atoms with Crippen molar-refractivity contribution in [3.05, 3.63) is 35.9 Å². The molecule has 1 fully saturated rings. The van der Waals surface area contributed by atoms with Gasteiger partial charge in [0.25, 0.3) is 0 Å². The van der Waals surface area contributed by atoms with Crippen molar-refractivity contribution >= 4 is 11.8 Å². The molecule has 1 aliphatic rings. The van der Waals surface area contributed by atoms with E-state index in [0.717, 1.165) is 0 Å². The van der Waals surface area contributed by atoms with Gasteiger partial charge in [-0.2, -0.15) is 13.2 Å². The summed E-state index contributed by atoms with van der Waals surface area (Å²) in [4.78, 5) is 24.4. The first-order valence-electron chi connectivity index (χ1n) is 6.54. The maximum absolute atomic E-state index is 12.7. The molecule has 2 amide bonds. The predicted molar refractivity (Wildman–Crippen MR) is 69.0 cm³/mol. The van der Waals surface area contributed by atoms with Crippen molar-refractivity contribution in [3.63, 3.8) is 0 Å². The highest BCUT2D eigenvalue weighted by molar-refractivity contribution is 6.01. The number of benzene rings is 1. The van der Waals surface area contributed by atoms with E-state index < -0.39 is 30.5 Å². The monoisotopic (exact) mass is 300 g/mol. The number of amides is 2. The zero-order chi connectivity index (χ0) is 15.5. The summed E-state index contributed by atoms with van der Waals surface area (Å²) in [5.41, 5.74) is 0.591. The molecule has 21 heavy (non-hydrogen) atoms. The van der Waals surface area contributed by atoms with Gasteiger partial charge >= 0.3 is 6.18 Å². The molecule has 1 atom stereocenters. The second-order valence-corrected chi connectivity index (χ2v) is 4.93. The Kier molecular flexibility index (Phi) is 4.50. The van der Waals surface area contributed by atoms with Gasteiger partial charge in [-0.3, -0.25) is 9.59 Å². The number of hydrogen-bond acceptors (Lipinski definition) is 2. The Morgan fingerprint density at radius 3 is 2.48 bits per heavy atom. The fourth-order valence-electron chi connectivity index (χ4n) is 2.28. The van der Waals surface area contributed by atoms with Gasteiger partial charge < -0.3 is 10.2 Å². The zero-order valence-corrected chi connectivity index (χ0v) is 11.2. The largest absolute Gasteiger partial charge is 0.406 e. The van der Waals surface area contributed by atoms with Crippen LogP contribution < -0.4 is 5.32 Å². The van der Waals surface area contributed by atoms with Gasteiger partial charge in [-0.1, -0.05) is 30.3 Å². The van der Waals surface area contributed by atoms with Crippen LogP contribution in [0.25, 0.3) is 0 Å². The van der Waals surface area contributed by atoms with Gasteiger partial charge in [0, 0.05) is 13.1 Å². The Balaban J connectivity index is 2.15. The molecule has 1 aliphatic heterocycles. The number of nitrogens with one attached hydrogen (secondary N) is 1. The molecule has 7 heteroatoms. The van der Waals surface area contributed by atoms with E-state index in [9.17, 15) is 22.8 Å². The maximum atomic E-state index is 12.7. The average Bonchev–Trinajstić information content (AvgIpc) is 2.83. The fourth-order valence-corrected chi connectivity index (χ4v) is 2.28. The lowest BCUT2D eigenvalue weighted by atomic mass is 10.1. The lowest BCUT2D eigenvalue weighted by Gasteiger charge is -2.26. The summed E-state index contributed by atoms with van der Waals surface area (Å²) in [6.45, 7) is -1.20. The molecule has 0 spiro atoms. The summed E-state index contributed by atoms with van der Waals surface area (Å²) in [6, 6.07) is 8.41. The number of carbonyl (C=O) groups is 2. The molecule has 4 nitrogen and oxygen atoms in total. The molecule has 0 aliphatic carbocycles. The molecule has 114 valence electrons. The Labute approximate surface area is 119 Å². The van der Waals surface area contributed by atoms with Crippen molar-refractivity contribution in [2.24, 2.45) is 5.92 Å². The summed E-state index contributed by atoms with van der Waals surface area (Å²) in [7, 11) is 0. The van der Waals surface area contributed by atoms with Crippen molar-refractivity contribution < 1.29 is 22.8 Å². The smallest absolute Gasteiger partial charge is 0.355 e. The molecule has 0 radical (unpaired) electrons. The first-order chi connectivity index (χ1) is 9.87. The second kappa shape index (κ2) is 6.15. The highest BCUT2D eigenvalue weighted by Gasteiger charge is 2.39. The first kappa shape index (κ1) is 15.3. The third-order valence-electron chi connectivity index (χ3n) is 3.24. The van der Waals surface area contributed by atoms with Crippen molar-refractivity contribution in [2.75, 3.05) is 13.1 Å². The van der Waals surface area contributed by atoms with Crippen LogP contribution >= 0.6 is 0 Å². The highest BCUT2D eigenvalue weighted by atomic mass is 19.4. The standard InChI is InChI=1S/C14H15F3N2O2/c15-14(16,17)9-19(8-10-4-2-1-3-5-10)13(21)11-6-7-18-12(11)20/h1-5,11H,6-9H2,(H,18,20)/t11-/m0/s1. The minimum Gasteiger partial charge on any atom is -0.355 e. The summed E-state index contributed by atoms with van der Waals surface area (Å²) in [5, 5.41) is 2.46. The molecule has 1 aromatic carbocycles. The number of nitrogens with zero attached hydrogens (tertiary/aromatic N) is 1. The molecule has 1 saturated heterocycles. The second-order valence-electron chi connectivity index (χ2n) is 4.93. The quantitative estimate of drug-likeness (QED) is 0.861. The van der Waals surface area contributed by atoms with Crippen LogP contribution in [0, 0.1) is 5.92 Å². The Morgan fingerprint density at radius 2 is 1.95 bits per heavy atom. The molecule has 0 bridgehead atoms. The fraction of sp³-hybridized carbons (Fsp3) is 0.429. The van der Waals surface area contributed by atoms with Gasteiger partial charge in [-0.25, -0.2) is 0 Å². The topological polar surface area (TPSA) is 49.4 Å². The van der Waals surface area contributed by atoms with E-state index in [4.69, 9.17) is 0 Å². The Hall–Kier alpha value is -2.05. The van der Waals surface area contributed by atoms with Gasteiger partial charge in [0.1, 0.15) is 12.5 Å². The van der Waals surface area contributed by atoms with Crippen LogP contribution in [0.1, 0.15) is 12.0 Å². The van der Waals surface area contributed by atoms with E-state index in [0.29, 0.717) is 17.0 Å². The van der Waals surface area contributed by atoms with Gasteiger partial charge in [0.15, 0.2) is 0 Å². The zero-order valence-electron chi connectivity index (χ0n) is 11.2. The summed E-state index contributed by atoms with van der Waals surface area (Å²) in [5.74, 6) is -2.29. The van der Waals surface area contributed by atoms with Gasteiger partial charge in [-0.05, 0) is 12.0 Å². The van der Waals surface area contributed by atoms with Crippen LogP contribution in [0.5, 0.6) is 0 Å². The average molecular weight is 300 g/mol. The number of carbonyl (C=O) groups excluding carboxylic acids is 2. The van der Waals surface area contributed by atoms with Gasteiger partial charge in [0.05, 0.1) is 0 Å². The SMILES string of the molecule is O=C1NCC[C@@H]1C(=O)N(Cc1ccccc1)CC(F)(F)F. The van der Waals surface area contributed by atoms with Crippen LogP contribution in [0.15, 0.2) is 30.3 Å². The highest BCUT2D eigenvalue weighted by Crippen LogP contribution is 2.22. The number of rotatable bonds is 4. The molecule has 0 aromatic heterocycles. The molecular formula is C14H15F3N2O2. The van der Waals surface area contributed by atoms with Crippen LogP contribution in [0.2, 0.25) is 0 Å². The molecular weight excluding hydrogens is 285 g/mol. The van der Waals surface area contributed by atoms with Crippen LogP contribution in [-0.2, 0) is 16.1 Å². The van der Waals surface area contributed by atoms with Crippen LogP contribution in [0.3, 0.4) is 0 Å². The van der Waals surface area contributed by atoms with E-state index in [1.54, 1.807) is 30.3 Å². The van der Waals surface area contributed by atoms with Crippen LogP contribution in [-0.4, -0.2) is 36.0 Å². The van der Waals surface area contributed by atoms with E-state index in [1.165, 1.54) is 0 Å². The third-order valence-corrected chi connectivity index (χ3v) is 3.24. The van der Waals surface area contributed by atoms with E-state index in [-0.39, 0.29) is 13.0 Å². The molecule has 1 aromatic rings. The molecule has 1 heterocycles. The number of alkyl halides is 3. The summed E-state index contributed by atoms with van der Waals surface area (Å²) >= 11 is 0. The lowest BCUT2D eigenvalue weighted by Crippen LogP contribution is -2.43. The normalized spacial score (nSPS) is 18.4. The van der Waals surface area contributed by atoms with Crippen molar-refractivity contribution in [3.8, 4) is 0 Å². The molecule has 1 N–H and O–H groups in total. The van der Waals surface area contributed by atoms with E-state index in [1.807, 2.05) is 0 Å². The maximum Gasteiger partial charge on any atom is 0.406 e. The number of halogens is 3. The molecule has 0 saturated carbocycles. The number of hydrogen-bond donors (Lipinski definition) is 1. The Morgan fingerprint density at radius 1 is 1.29 bits per heavy atom. The van der Waals surface area contributed by atoms with E-state index >= 15 is 0 Å². The van der Waals surface area contributed by atoms with Crippen molar-refractivity contribution in [1.29, 1.82) is 0 Å². The Bertz CT molecular complexity index is 517. The van der Waals surface area contributed by atoms with E-state index in [2.05, 4.69) is 5.32 Å². The van der Waals surface area contributed by atoms with Gasteiger partial charge in [-0.15, -0.1) is 0 Å². The third kappa shape index (κ3) is 4.21. The lowest BCUT2D eigenvalue weighted by molar-refractivity contribution is -0.165. The minimum atomic E-state index is -4.50. The summed E-state index contributed by atoms with van der Waals surface area (Å²) < 4.78 is 38.0. The van der Waals surface area contributed by atoms with Gasteiger partial charge in [0.2, 0.25) is 11.8 Å². The first-order valence-corrected chi connectivity index (χ1v) is 6.54. The van der Waals surface area contributed by atoms with Crippen molar-refractivity contribution in [1.82, 2.24) is 10.2 Å². The minimum absolute atomic E-state index is 0.164.